The highest BCUT2D eigenvalue weighted by Crippen LogP contribution is 2.26. The van der Waals surface area contributed by atoms with Crippen LogP contribution < -0.4 is 4.90 Å². The molecule has 4 rings (SSSR count). The van der Waals surface area contributed by atoms with Crippen molar-refractivity contribution in [3.8, 4) is 0 Å². The van der Waals surface area contributed by atoms with Gasteiger partial charge in [-0.05, 0) is 24.6 Å². The molecule has 6 heteroatoms. The lowest BCUT2D eigenvalue weighted by molar-refractivity contribution is 0.0450. The molecule has 23 heavy (non-hydrogen) atoms. The Bertz CT molecular complexity index is 623. The molecular weight excluding hydrogens is 290 g/mol. The summed E-state index contributed by atoms with van der Waals surface area (Å²) in [5.41, 5.74) is 0.997. The van der Waals surface area contributed by atoms with E-state index in [0.29, 0.717) is 18.8 Å². The summed E-state index contributed by atoms with van der Waals surface area (Å²) in [7, 11) is 0. The van der Waals surface area contributed by atoms with Gasteiger partial charge in [0, 0.05) is 50.8 Å². The Hall–Kier alpha value is -2.05. The van der Waals surface area contributed by atoms with Crippen LogP contribution in [-0.2, 0) is 11.3 Å². The third-order valence-electron chi connectivity index (χ3n) is 4.61. The Morgan fingerprint density at radius 3 is 2.70 bits per heavy atom. The van der Waals surface area contributed by atoms with Crippen molar-refractivity contribution in [2.75, 3.05) is 31.1 Å². The van der Waals surface area contributed by atoms with Gasteiger partial charge in [0.15, 0.2) is 0 Å². The van der Waals surface area contributed by atoms with Crippen LogP contribution in [-0.4, -0.2) is 58.2 Å². The van der Waals surface area contributed by atoms with Gasteiger partial charge < -0.3 is 9.64 Å². The molecule has 0 aromatic carbocycles. The highest BCUT2D eigenvalue weighted by molar-refractivity contribution is 5.30. The van der Waals surface area contributed by atoms with E-state index >= 15 is 0 Å². The monoisotopic (exact) mass is 311 g/mol. The molecule has 0 aliphatic carbocycles. The number of nitrogens with zero attached hydrogens (tertiary/aromatic N) is 5. The molecular formula is C17H21N5O. The number of anilines is 1. The second-order valence-electron chi connectivity index (χ2n) is 6.13. The van der Waals surface area contributed by atoms with Crippen LogP contribution in [0.5, 0.6) is 0 Å². The van der Waals surface area contributed by atoms with Crippen molar-refractivity contribution in [1.82, 2.24) is 19.9 Å². The predicted molar refractivity (Wildman–Crippen MR) is 87.0 cm³/mol. The quantitative estimate of drug-likeness (QED) is 0.849. The molecule has 0 N–H and O–H groups in total. The van der Waals surface area contributed by atoms with Gasteiger partial charge in [-0.3, -0.25) is 9.88 Å². The number of hydrogen-bond acceptors (Lipinski definition) is 6. The molecule has 120 valence electrons. The number of pyridine rings is 1. The van der Waals surface area contributed by atoms with Crippen LogP contribution in [0.15, 0.2) is 42.9 Å². The van der Waals surface area contributed by atoms with Gasteiger partial charge in [0.25, 0.3) is 0 Å². The average Bonchev–Trinajstić information content (AvgIpc) is 3.04. The minimum Gasteiger partial charge on any atom is -0.371 e. The first-order valence-corrected chi connectivity index (χ1v) is 8.16. The highest BCUT2D eigenvalue weighted by Gasteiger charge is 2.37. The van der Waals surface area contributed by atoms with Crippen molar-refractivity contribution in [2.45, 2.75) is 25.2 Å². The van der Waals surface area contributed by atoms with Gasteiger partial charge >= 0.3 is 0 Å². The molecule has 2 aliphatic heterocycles. The van der Waals surface area contributed by atoms with Gasteiger partial charge in [0.1, 0.15) is 0 Å². The number of rotatable bonds is 4. The molecule has 6 nitrogen and oxygen atoms in total. The standard InChI is InChI=1S/C17H21N5O/c1-2-5-18-14(4-1)13-23-16-10-15-11-22(9-8-21(15)12-16)17-19-6-3-7-20-17/h1-7,15-16H,8-13H2/t15-,16+/m0/s1. The molecule has 2 aliphatic rings. The summed E-state index contributed by atoms with van der Waals surface area (Å²) in [6, 6.07) is 8.33. The maximum atomic E-state index is 6.07. The van der Waals surface area contributed by atoms with Gasteiger partial charge in [-0.15, -0.1) is 0 Å². The minimum atomic E-state index is 0.290. The zero-order valence-corrected chi connectivity index (χ0v) is 13.1. The number of hydrogen-bond donors (Lipinski definition) is 0. The molecule has 0 bridgehead atoms. The molecule has 2 saturated heterocycles. The summed E-state index contributed by atoms with van der Waals surface area (Å²) in [5, 5.41) is 0. The van der Waals surface area contributed by atoms with Crippen LogP contribution >= 0.6 is 0 Å². The summed E-state index contributed by atoms with van der Waals surface area (Å²) in [4.78, 5) is 17.9. The second-order valence-corrected chi connectivity index (χ2v) is 6.13. The van der Waals surface area contributed by atoms with Crippen molar-refractivity contribution in [2.24, 2.45) is 0 Å². The van der Waals surface area contributed by atoms with Crippen molar-refractivity contribution in [1.29, 1.82) is 0 Å². The van der Waals surface area contributed by atoms with Gasteiger partial charge in [-0.25, -0.2) is 9.97 Å². The number of fused-ring (bicyclic) bond motifs is 1. The van der Waals surface area contributed by atoms with E-state index in [1.54, 1.807) is 0 Å². The summed E-state index contributed by atoms with van der Waals surface area (Å²) < 4.78 is 6.07. The van der Waals surface area contributed by atoms with E-state index in [-0.39, 0.29) is 0 Å². The fourth-order valence-corrected chi connectivity index (χ4v) is 3.44. The predicted octanol–water partition coefficient (Wildman–Crippen LogP) is 1.35. The lowest BCUT2D eigenvalue weighted by atomic mass is 10.1. The summed E-state index contributed by atoms with van der Waals surface area (Å²) in [5.74, 6) is 0.838. The molecule has 0 saturated carbocycles. The minimum absolute atomic E-state index is 0.290. The van der Waals surface area contributed by atoms with Gasteiger partial charge in [-0.1, -0.05) is 6.07 Å². The van der Waals surface area contributed by atoms with Crippen molar-refractivity contribution >= 4 is 5.95 Å². The van der Waals surface area contributed by atoms with E-state index in [1.807, 2.05) is 42.9 Å². The van der Waals surface area contributed by atoms with Gasteiger partial charge in [-0.2, -0.15) is 0 Å². The van der Waals surface area contributed by atoms with E-state index in [9.17, 15) is 0 Å². The topological polar surface area (TPSA) is 54.4 Å². The van der Waals surface area contributed by atoms with Crippen molar-refractivity contribution in [3.63, 3.8) is 0 Å². The Kier molecular flexibility index (Phi) is 4.17. The molecule has 2 aromatic rings. The van der Waals surface area contributed by atoms with E-state index < -0.39 is 0 Å². The number of ether oxygens (including phenoxy) is 1. The van der Waals surface area contributed by atoms with Gasteiger partial charge in [0.05, 0.1) is 18.4 Å². The molecule has 2 fully saturated rings. The average molecular weight is 311 g/mol. The molecule has 0 radical (unpaired) electrons. The zero-order chi connectivity index (χ0) is 15.5. The van der Waals surface area contributed by atoms with Crippen LogP contribution in [0.2, 0.25) is 0 Å². The molecule has 0 spiro atoms. The number of aromatic nitrogens is 3. The molecule has 0 unspecified atom stereocenters. The van der Waals surface area contributed by atoms with Crippen molar-refractivity contribution < 1.29 is 4.74 Å². The van der Waals surface area contributed by atoms with Crippen LogP contribution in [0.4, 0.5) is 5.95 Å². The smallest absolute Gasteiger partial charge is 0.225 e. The van der Waals surface area contributed by atoms with E-state index in [2.05, 4.69) is 24.8 Å². The highest BCUT2D eigenvalue weighted by atomic mass is 16.5. The first kappa shape index (κ1) is 14.5. The summed E-state index contributed by atoms with van der Waals surface area (Å²) in [6.45, 7) is 4.62. The van der Waals surface area contributed by atoms with Crippen LogP contribution in [0.1, 0.15) is 12.1 Å². The SMILES string of the molecule is c1ccc(CO[C@@H]2C[C@H]3CN(c4ncccn4)CCN3C2)nc1. The zero-order valence-electron chi connectivity index (χ0n) is 13.1. The fraction of sp³-hybridized carbons (Fsp3) is 0.471. The molecule has 0 amide bonds. The van der Waals surface area contributed by atoms with E-state index in [0.717, 1.165) is 44.2 Å². The Morgan fingerprint density at radius 1 is 1.00 bits per heavy atom. The normalized spacial score (nSPS) is 24.6. The summed E-state index contributed by atoms with van der Waals surface area (Å²) >= 11 is 0. The van der Waals surface area contributed by atoms with Crippen LogP contribution in [0.25, 0.3) is 0 Å². The summed E-state index contributed by atoms with van der Waals surface area (Å²) in [6.07, 6.45) is 6.79. The maximum Gasteiger partial charge on any atom is 0.225 e. The third kappa shape index (κ3) is 3.33. The van der Waals surface area contributed by atoms with E-state index in [4.69, 9.17) is 4.74 Å². The Labute approximate surface area is 136 Å². The second kappa shape index (κ2) is 6.60. The lowest BCUT2D eigenvalue weighted by Gasteiger charge is -2.37. The van der Waals surface area contributed by atoms with E-state index in [1.165, 1.54) is 0 Å². The fourth-order valence-electron chi connectivity index (χ4n) is 3.44. The first-order chi connectivity index (χ1) is 11.4. The third-order valence-corrected chi connectivity index (χ3v) is 4.61. The molecule has 2 atom stereocenters. The largest absolute Gasteiger partial charge is 0.371 e. The molecule has 2 aromatic heterocycles. The Morgan fingerprint density at radius 2 is 1.87 bits per heavy atom. The first-order valence-electron chi connectivity index (χ1n) is 8.16. The Balaban J connectivity index is 1.33. The number of piperazine rings is 1. The van der Waals surface area contributed by atoms with Crippen LogP contribution in [0.3, 0.4) is 0 Å². The van der Waals surface area contributed by atoms with Crippen molar-refractivity contribution in [3.05, 3.63) is 48.5 Å². The maximum absolute atomic E-state index is 6.07. The van der Waals surface area contributed by atoms with Crippen LogP contribution in [0, 0.1) is 0 Å². The van der Waals surface area contributed by atoms with Gasteiger partial charge in [0.2, 0.25) is 5.95 Å². The lowest BCUT2D eigenvalue weighted by Crippen LogP contribution is -2.50. The molecule has 4 heterocycles.